The van der Waals surface area contributed by atoms with Gasteiger partial charge in [-0.25, -0.2) is 0 Å². The third kappa shape index (κ3) is 8.67. The molecule has 9 nitrogen and oxygen atoms in total. The molecule has 0 aliphatic carbocycles. The van der Waals surface area contributed by atoms with Gasteiger partial charge in [0.1, 0.15) is 24.3 Å². The van der Waals surface area contributed by atoms with Crippen molar-refractivity contribution in [2.24, 2.45) is 0 Å². The number of halogens is 3. The predicted molar refractivity (Wildman–Crippen MR) is 166 cm³/mol. The van der Waals surface area contributed by atoms with E-state index in [0.717, 1.165) is 25.9 Å². The molecule has 0 saturated carbocycles. The van der Waals surface area contributed by atoms with Gasteiger partial charge >= 0.3 is 6.18 Å². The van der Waals surface area contributed by atoms with E-state index in [4.69, 9.17) is 14.2 Å². The zero-order valence-electron chi connectivity index (χ0n) is 25.3. The van der Waals surface area contributed by atoms with Crippen LogP contribution in [-0.2, 0) is 22.5 Å². The monoisotopic (exact) mass is 636 g/mol. The van der Waals surface area contributed by atoms with Gasteiger partial charge < -0.3 is 44.0 Å². The van der Waals surface area contributed by atoms with Crippen molar-refractivity contribution in [1.82, 2.24) is 9.47 Å². The largest absolute Gasteiger partial charge is 0.612 e. The number of aliphatic hydroxyl groups is 1. The molecule has 240 valence electrons. The third-order valence-corrected chi connectivity index (χ3v) is 8.37. The Kier molecular flexibility index (Phi) is 11.6. The van der Waals surface area contributed by atoms with Gasteiger partial charge in [-0.2, -0.15) is 13.2 Å². The summed E-state index contributed by atoms with van der Waals surface area (Å²) in [5, 5.41) is 17.3. The molecule has 4 rings (SSSR count). The minimum Gasteiger partial charge on any atom is -0.612 e. The third-order valence-electron chi connectivity index (χ3n) is 7.46. The van der Waals surface area contributed by atoms with Crippen LogP contribution in [-0.4, -0.2) is 97.8 Å². The molecule has 3 aromatic rings. The number of hydrogen-bond acceptors (Lipinski definition) is 8. The Morgan fingerprint density at radius 3 is 2.45 bits per heavy atom. The molecular formula is C31H39F3N4O5S. The summed E-state index contributed by atoms with van der Waals surface area (Å²) >= 11 is -1.17. The smallest absolute Gasteiger partial charge is 0.406 e. The van der Waals surface area contributed by atoms with Crippen molar-refractivity contribution >= 4 is 33.5 Å². The number of nitrogens with zero attached hydrogens (tertiary/aromatic N) is 2. The van der Waals surface area contributed by atoms with Crippen LogP contribution in [0.1, 0.15) is 18.5 Å². The van der Waals surface area contributed by atoms with Gasteiger partial charge in [0.05, 0.1) is 56.1 Å². The highest BCUT2D eigenvalue weighted by Gasteiger charge is 2.31. The van der Waals surface area contributed by atoms with Gasteiger partial charge in [0.25, 0.3) is 0 Å². The van der Waals surface area contributed by atoms with Crippen LogP contribution in [0.4, 0.5) is 24.5 Å². The van der Waals surface area contributed by atoms with E-state index in [1.807, 2.05) is 0 Å². The molecule has 13 heteroatoms. The molecule has 0 radical (unpaired) electrons. The Morgan fingerprint density at radius 2 is 1.82 bits per heavy atom. The zero-order valence-corrected chi connectivity index (χ0v) is 26.1. The van der Waals surface area contributed by atoms with E-state index >= 15 is 0 Å². The summed E-state index contributed by atoms with van der Waals surface area (Å²) in [7, 11) is 4.59. The highest BCUT2D eigenvalue weighted by atomic mass is 32.2. The van der Waals surface area contributed by atoms with Crippen LogP contribution >= 0.6 is 0 Å². The van der Waals surface area contributed by atoms with E-state index in [-0.39, 0.29) is 24.9 Å². The van der Waals surface area contributed by atoms with Gasteiger partial charge in [0.2, 0.25) is 0 Å². The minimum absolute atomic E-state index is 0.0709. The number of methoxy groups -OCH3 is 3. The number of rotatable bonds is 12. The van der Waals surface area contributed by atoms with Gasteiger partial charge in [-0.1, -0.05) is 5.92 Å². The summed E-state index contributed by atoms with van der Waals surface area (Å²) in [4.78, 5) is 2.79. The number of β-amino-alcohol motifs (C(OH)–C–C–N with tert-alkyl or cyclic N) is 1. The molecule has 2 unspecified atom stereocenters. The van der Waals surface area contributed by atoms with Crippen LogP contribution in [0, 0.1) is 11.8 Å². The Bertz CT molecular complexity index is 1460. The maximum absolute atomic E-state index is 13.7. The van der Waals surface area contributed by atoms with E-state index in [1.165, 1.54) is 18.8 Å². The molecule has 1 saturated heterocycles. The fourth-order valence-corrected chi connectivity index (χ4v) is 5.90. The summed E-state index contributed by atoms with van der Waals surface area (Å²) < 4.78 is 70.1. The van der Waals surface area contributed by atoms with Gasteiger partial charge in [0, 0.05) is 44.2 Å². The first-order valence-corrected chi connectivity index (χ1v) is 15.8. The lowest BCUT2D eigenvalue weighted by Crippen LogP contribution is -2.43. The summed E-state index contributed by atoms with van der Waals surface area (Å²) in [6.45, 7) is 1.28. The second-order valence-electron chi connectivity index (χ2n) is 10.6. The normalized spacial score (nSPS) is 15.8. The molecule has 0 spiro atoms. The zero-order chi connectivity index (χ0) is 31.9. The van der Waals surface area contributed by atoms with Crippen LogP contribution in [0.25, 0.3) is 10.9 Å². The number of aliphatic hydroxyl groups excluding tert-OH is 1. The van der Waals surface area contributed by atoms with Crippen LogP contribution in [0.15, 0.2) is 41.3 Å². The number of alkyl halides is 3. The number of ether oxygens (including phenoxy) is 3. The second kappa shape index (κ2) is 15.1. The number of nitrogens with one attached hydrogen (secondary N) is 2. The number of anilines is 2. The van der Waals surface area contributed by atoms with E-state index in [0.29, 0.717) is 45.2 Å². The summed E-state index contributed by atoms with van der Waals surface area (Å²) in [6, 6.07) is 10.1. The molecule has 44 heavy (non-hydrogen) atoms. The fraction of sp³-hybridized carbons (Fsp3) is 0.484. The molecule has 1 fully saturated rings. The maximum atomic E-state index is 13.7. The van der Waals surface area contributed by atoms with E-state index in [2.05, 4.69) is 27.4 Å². The number of likely N-dealkylation sites (tertiary alicyclic amines) is 1. The van der Waals surface area contributed by atoms with Crippen molar-refractivity contribution in [3.05, 3.63) is 42.1 Å². The number of piperidine rings is 1. The number of aromatic nitrogens is 1. The molecular weight excluding hydrogens is 597 g/mol. The molecule has 1 aliphatic heterocycles. The lowest BCUT2D eigenvalue weighted by molar-refractivity contribution is -0.140. The van der Waals surface area contributed by atoms with Crippen molar-refractivity contribution in [1.29, 1.82) is 0 Å². The topological polar surface area (TPSA) is 103 Å². The molecule has 0 bridgehead atoms. The summed E-state index contributed by atoms with van der Waals surface area (Å²) in [5.41, 5.74) is 1.87. The van der Waals surface area contributed by atoms with Gasteiger partial charge in [0.15, 0.2) is 4.90 Å². The average molecular weight is 637 g/mol. The van der Waals surface area contributed by atoms with E-state index in [9.17, 15) is 22.8 Å². The molecule has 2 aromatic carbocycles. The minimum atomic E-state index is -4.46. The first-order chi connectivity index (χ1) is 21.0. The number of hydrogen-bond donors (Lipinski definition) is 3. The Morgan fingerprint density at radius 1 is 1.09 bits per heavy atom. The average Bonchev–Trinajstić information content (AvgIpc) is 3.32. The van der Waals surface area contributed by atoms with Crippen molar-refractivity contribution in [2.45, 2.75) is 42.6 Å². The van der Waals surface area contributed by atoms with Crippen LogP contribution in [0.3, 0.4) is 0 Å². The first-order valence-electron chi connectivity index (χ1n) is 14.2. The highest BCUT2D eigenvalue weighted by Crippen LogP contribution is 2.37. The lowest BCUT2D eigenvalue weighted by Gasteiger charge is -2.34. The predicted octanol–water partition coefficient (Wildman–Crippen LogP) is 4.31. The molecule has 1 aliphatic rings. The van der Waals surface area contributed by atoms with E-state index in [1.54, 1.807) is 49.8 Å². The SMILES string of the molecule is COCC(O)CN1CCC(Nc2c(OC)ccc3c2cc(C#CCNc2ccc([S+](C)[O-])cc2OC)n3CC(F)(F)F)CC1. The quantitative estimate of drug-likeness (QED) is 0.200. The highest BCUT2D eigenvalue weighted by molar-refractivity contribution is 7.90. The Hall–Kier alpha value is -3.28. The molecule has 1 aromatic heterocycles. The van der Waals surface area contributed by atoms with E-state index < -0.39 is 30.0 Å². The fourth-order valence-electron chi connectivity index (χ4n) is 5.36. The molecule has 0 amide bonds. The summed E-state index contributed by atoms with van der Waals surface area (Å²) in [6.07, 6.45) is -1.86. The molecule has 2 heterocycles. The van der Waals surface area contributed by atoms with Crippen LogP contribution in [0.2, 0.25) is 0 Å². The summed E-state index contributed by atoms with van der Waals surface area (Å²) in [5.74, 6) is 6.87. The number of benzene rings is 2. The first kappa shape index (κ1) is 33.6. The standard InChI is InChI=1S/C31H39F3N4O5S/c1-41-19-23(39)18-37-14-11-21(12-15-37)36-30-25-16-22(38(20-31(32,33)34)27(25)9-10-28(30)42-2)6-5-13-35-26-8-7-24(44(4)40)17-29(26)43-3/h7-10,16-17,21,23,35-36,39H,11-15,18-20H2,1-4H3. The van der Waals surface area contributed by atoms with Gasteiger partial charge in [-0.15, -0.1) is 0 Å². The molecule has 3 N–H and O–H groups in total. The Balaban J connectivity index is 1.57. The van der Waals surface area contributed by atoms with Crippen LogP contribution < -0.4 is 20.1 Å². The second-order valence-corrected chi connectivity index (χ2v) is 12.0. The van der Waals surface area contributed by atoms with Gasteiger partial charge in [-0.3, -0.25) is 0 Å². The lowest BCUT2D eigenvalue weighted by atomic mass is 10.0. The molecule has 2 atom stereocenters. The number of fused-ring (bicyclic) bond motifs is 1. The maximum Gasteiger partial charge on any atom is 0.406 e. The van der Waals surface area contributed by atoms with Crippen LogP contribution in [0.5, 0.6) is 11.5 Å². The van der Waals surface area contributed by atoms with Crippen molar-refractivity contribution in [3.8, 4) is 23.3 Å². The van der Waals surface area contributed by atoms with Crippen molar-refractivity contribution in [2.75, 3.05) is 71.0 Å². The van der Waals surface area contributed by atoms with Gasteiger partial charge in [-0.05, 0) is 60.3 Å². The van der Waals surface area contributed by atoms with Crippen molar-refractivity contribution in [3.63, 3.8) is 0 Å². The van der Waals surface area contributed by atoms with Crippen molar-refractivity contribution < 1.29 is 37.0 Å². The Labute approximate surface area is 258 Å².